The van der Waals surface area contributed by atoms with Crippen molar-refractivity contribution in [3.05, 3.63) is 102 Å². The molecule has 0 aliphatic carbocycles. The summed E-state index contributed by atoms with van der Waals surface area (Å²) in [5.41, 5.74) is 1.92. The van der Waals surface area contributed by atoms with Crippen molar-refractivity contribution in [2.45, 2.75) is 122 Å². The molecule has 2 N–H and O–H groups in total. The van der Waals surface area contributed by atoms with Gasteiger partial charge in [0.15, 0.2) is 6.04 Å². The summed E-state index contributed by atoms with van der Waals surface area (Å²) in [6.07, 6.45) is 20.6. The molecule has 1 aromatic heterocycles. The van der Waals surface area contributed by atoms with Gasteiger partial charge in [-0.1, -0.05) is 145 Å². The Labute approximate surface area is 348 Å². The number of rotatable bonds is 26. The van der Waals surface area contributed by atoms with Gasteiger partial charge in [0.1, 0.15) is 18.0 Å². The van der Waals surface area contributed by atoms with Gasteiger partial charge < -0.3 is 20.3 Å². The number of hydrogen-bond donors (Lipinski definition) is 2. The average Bonchev–Trinajstić information content (AvgIpc) is 3.84. The Bertz CT molecular complexity index is 1970. The van der Waals surface area contributed by atoms with Gasteiger partial charge in [-0.3, -0.25) is 19.2 Å². The van der Waals surface area contributed by atoms with Crippen molar-refractivity contribution in [3.63, 3.8) is 0 Å². The minimum absolute atomic E-state index is 0.108. The lowest BCUT2D eigenvalue weighted by Gasteiger charge is -2.24. The molecule has 1 aliphatic rings. The first kappa shape index (κ1) is 44.3. The fourth-order valence-corrected chi connectivity index (χ4v) is 7.39. The Morgan fingerprint density at radius 1 is 0.729 bits per heavy atom. The van der Waals surface area contributed by atoms with Gasteiger partial charge in [-0.05, 0) is 48.4 Å². The second kappa shape index (κ2) is 23.6. The molecule has 1 atom stereocenters. The largest absolute Gasteiger partial charge is 0.495 e. The lowest BCUT2D eigenvalue weighted by Crippen LogP contribution is -2.52. The van der Waals surface area contributed by atoms with E-state index in [9.17, 15) is 24.0 Å². The fourth-order valence-electron chi connectivity index (χ4n) is 7.39. The fraction of sp³-hybridized carbons (Fsp3) is 0.447. The number of unbranched alkanes of at least 4 members (excludes halogenated alkanes) is 14. The standard InChI is InChI=1S/C47H60N6O6/c1-3-4-5-6-7-8-9-10-11-12-13-14-15-16-23-28-42(54)48-37-29-30-41(59-2)40(33-37)49-46(57)44(45(56)39-31-32-52(50-39)38-26-21-18-22-27-38)53-43(55)35-51(47(53)58)34-36-24-19-17-20-25-36/h17-22,24-27,29-33,44H,3-16,23,28,34-35H2,1-2H3,(H,48,54)(H,49,57). The molecule has 314 valence electrons. The lowest BCUT2D eigenvalue weighted by molar-refractivity contribution is -0.131. The van der Waals surface area contributed by atoms with Gasteiger partial charge in [0.2, 0.25) is 11.7 Å². The molecule has 59 heavy (non-hydrogen) atoms. The zero-order valence-electron chi connectivity index (χ0n) is 34.7. The lowest BCUT2D eigenvalue weighted by atomic mass is 10.0. The maximum Gasteiger partial charge on any atom is 0.328 e. The molecule has 4 aromatic rings. The third kappa shape index (κ3) is 13.4. The van der Waals surface area contributed by atoms with E-state index in [1.807, 2.05) is 48.5 Å². The molecule has 1 fully saturated rings. The van der Waals surface area contributed by atoms with Crippen LogP contribution in [0.25, 0.3) is 5.69 Å². The highest BCUT2D eigenvalue weighted by Gasteiger charge is 2.47. The zero-order valence-corrected chi connectivity index (χ0v) is 34.7. The van der Waals surface area contributed by atoms with E-state index < -0.39 is 29.7 Å². The average molecular weight is 805 g/mol. The number of benzene rings is 3. The summed E-state index contributed by atoms with van der Waals surface area (Å²) in [6, 6.07) is 21.8. The first-order chi connectivity index (χ1) is 28.8. The van der Waals surface area contributed by atoms with Crippen molar-refractivity contribution in [3.8, 4) is 11.4 Å². The van der Waals surface area contributed by atoms with Crippen molar-refractivity contribution in [1.82, 2.24) is 19.6 Å². The van der Waals surface area contributed by atoms with Crippen molar-refractivity contribution >= 4 is 40.9 Å². The smallest absolute Gasteiger partial charge is 0.328 e. The Balaban J connectivity index is 1.18. The number of ether oxygens (including phenoxy) is 1. The summed E-state index contributed by atoms with van der Waals surface area (Å²) in [7, 11) is 1.42. The van der Waals surface area contributed by atoms with E-state index in [0.29, 0.717) is 22.7 Å². The van der Waals surface area contributed by atoms with Crippen LogP contribution < -0.4 is 15.4 Å². The van der Waals surface area contributed by atoms with Gasteiger partial charge in [0.25, 0.3) is 11.8 Å². The molecule has 0 radical (unpaired) electrons. The number of ketones is 1. The molecular formula is C47H60N6O6. The zero-order chi connectivity index (χ0) is 41.8. The Kier molecular flexibility index (Phi) is 17.7. The number of para-hydroxylation sites is 1. The van der Waals surface area contributed by atoms with Crippen LogP contribution in [0.1, 0.15) is 126 Å². The number of urea groups is 1. The number of methoxy groups -OCH3 is 1. The number of nitrogens with zero attached hydrogens (tertiary/aromatic N) is 4. The summed E-state index contributed by atoms with van der Waals surface area (Å²) < 4.78 is 6.99. The molecule has 1 saturated heterocycles. The van der Waals surface area contributed by atoms with Gasteiger partial charge in [0.05, 0.1) is 18.5 Å². The van der Waals surface area contributed by atoms with Crippen LogP contribution in [-0.2, 0) is 20.9 Å². The van der Waals surface area contributed by atoms with Crippen molar-refractivity contribution in [2.75, 3.05) is 24.3 Å². The molecule has 1 aliphatic heterocycles. The molecule has 0 bridgehead atoms. The van der Waals surface area contributed by atoms with Crippen LogP contribution in [0.15, 0.2) is 91.1 Å². The summed E-state index contributed by atoms with van der Waals surface area (Å²) in [6.45, 7) is 2.06. The third-order valence-electron chi connectivity index (χ3n) is 10.7. The topological polar surface area (TPSA) is 143 Å². The van der Waals surface area contributed by atoms with Crippen LogP contribution in [0.2, 0.25) is 0 Å². The molecule has 5 rings (SSSR count). The first-order valence-electron chi connectivity index (χ1n) is 21.4. The molecule has 5 amide bonds. The van der Waals surface area contributed by atoms with Crippen molar-refractivity contribution in [1.29, 1.82) is 0 Å². The monoisotopic (exact) mass is 804 g/mol. The van der Waals surface area contributed by atoms with Gasteiger partial charge in [0, 0.05) is 24.8 Å². The minimum atomic E-state index is -1.89. The van der Waals surface area contributed by atoms with Crippen LogP contribution in [0.3, 0.4) is 0 Å². The SMILES string of the molecule is CCCCCCCCCCCCCCCCCC(=O)Nc1ccc(OC)c(NC(=O)C(C(=O)c2ccn(-c3ccccc3)n2)N2C(=O)CN(Cc3ccccc3)C2=O)c1. The number of amides is 5. The molecule has 0 spiro atoms. The third-order valence-corrected chi connectivity index (χ3v) is 10.7. The second-order valence-corrected chi connectivity index (χ2v) is 15.3. The van der Waals surface area contributed by atoms with E-state index in [1.54, 1.807) is 30.5 Å². The van der Waals surface area contributed by atoms with E-state index in [1.165, 1.54) is 106 Å². The van der Waals surface area contributed by atoms with Crippen molar-refractivity contribution < 1.29 is 28.7 Å². The number of hydrogen-bond acceptors (Lipinski definition) is 7. The number of carbonyl (C=O) groups is 5. The number of Topliss-reactive ketones (excluding diaryl/α,β-unsaturated/α-hetero) is 1. The summed E-state index contributed by atoms with van der Waals surface area (Å²) in [5.74, 6) is -2.38. The van der Waals surface area contributed by atoms with E-state index in [2.05, 4.69) is 22.7 Å². The molecule has 12 heteroatoms. The van der Waals surface area contributed by atoms with E-state index in [0.717, 1.165) is 24.8 Å². The highest BCUT2D eigenvalue weighted by molar-refractivity contribution is 6.21. The van der Waals surface area contributed by atoms with Gasteiger partial charge in [-0.25, -0.2) is 14.4 Å². The minimum Gasteiger partial charge on any atom is -0.495 e. The molecule has 0 saturated carbocycles. The summed E-state index contributed by atoms with van der Waals surface area (Å²) in [5, 5.41) is 10.0. The maximum atomic E-state index is 14.2. The van der Waals surface area contributed by atoms with Crippen LogP contribution in [0, 0.1) is 0 Å². The van der Waals surface area contributed by atoms with E-state index in [-0.39, 0.29) is 36.1 Å². The van der Waals surface area contributed by atoms with E-state index >= 15 is 0 Å². The van der Waals surface area contributed by atoms with Crippen LogP contribution >= 0.6 is 0 Å². The Hall–Kier alpha value is -5.78. The maximum absolute atomic E-state index is 14.2. The predicted octanol–water partition coefficient (Wildman–Crippen LogP) is 9.74. The quantitative estimate of drug-likeness (QED) is 0.0279. The predicted molar refractivity (Wildman–Crippen MR) is 231 cm³/mol. The van der Waals surface area contributed by atoms with Crippen LogP contribution in [-0.4, -0.2) is 68.8 Å². The normalized spacial score (nSPS) is 13.1. The Morgan fingerprint density at radius 3 is 1.93 bits per heavy atom. The highest BCUT2D eigenvalue weighted by Crippen LogP contribution is 2.30. The Morgan fingerprint density at radius 2 is 1.32 bits per heavy atom. The molecule has 1 unspecified atom stereocenters. The van der Waals surface area contributed by atoms with Crippen LogP contribution in [0.5, 0.6) is 5.75 Å². The van der Waals surface area contributed by atoms with Crippen molar-refractivity contribution in [2.24, 2.45) is 0 Å². The highest BCUT2D eigenvalue weighted by atomic mass is 16.5. The molecule has 3 aromatic carbocycles. The number of aromatic nitrogens is 2. The van der Waals surface area contributed by atoms with Gasteiger partial charge in [-0.15, -0.1) is 0 Å². The van der Waals surface area contributed by atoms with E-state index in [4.69, 9.17) is 4.74 Å². The number of nitrogens with one attached hydrogen (secondary N) is 2. The molecule has 2 heterocycles. The summed E-state index contributed by atoms with van der Waals surface area (Å²) >= 11 is 0. The molecule has 12 nitrogen and oxygen atoms in total. The van der Waals surface area contributed by atoms with Crippen LogP contribution in [0.4, 0.5) is 16.2 Å². The van der Waals surface area contributed by atoms with Gasteiger partial charge in [-0.2, -0.15) is 5.10 Å². The number of imide groups is 1. The number of carbonyl (C=O) groups excluding carboxylic acids is 5. The first-order valence-corrected chi connectivity index (χ1v) is 21.4. The van der Waals surface area contributed by atoms with Gasteiger partial charge >= 0.3 is 6.03 Å². The number of anilines is 2. The molecular weight excluding hydrogens is 745 g/mol. The second-order valence-electron chi connectivity index (χ2n) is 15.3. The summed E-state index contributed by atoms with van der Waals surface area (Å²) in [4.78, 5) is 70.8.